The third-order valence-electron chi connectivity index (χ3n) is 2.13. The van der Waals surface area contributed by atoms with Crippen LogP contribution in [0.15, 0.2) is 30.3 Å². The number of rotatable bonds is 3. The van der Waals surface area contributed by atoms with Crippen LogP contribution in [0, 0.1) is 0 Å². The molecule has 0 saturated heterocycles. The number of hydrogen-bond donors (Lipinski definition) is 1. The Morgan fingerprint density at radius 2 is 1.93 bits per heavy atom. The summed E-state index contributed by atoms with van der Waals surface area (Å²) in [6.07, 6.45) is -0.256. The summed E-state index contributed by atoms with van der Waals surface area (Å²) in [6.45, 7) is 4.29. The monoisotopic (exact) mass is 209 g/mol. The lowest BCUT2D eigenvalue weighted by molar-refractivity contribution is 0.173. The maximum absolute atomic E-state index is 10.5. The van der Waals surface area contributed by atoms with Gasteiger partial charge in [0.15, 0.2) is 0 Å². The molecule has 0 aliphatic carbocycles. The lowest BCUT2D eigenvalue weighted by Gasteiger charge is -2.21. The highest BCUT2D eigenvalue weighted by atomic mass is 28.3. The Morgan fingerprint density at radius 1 is 1.36 bits per heavy atom. The summed E-state index contributed by atoms with van der Waals surface area (Å²) < 4.78 is 4.86. The number of hydrogen-bond acceptors (Lipinski definition) is 2. The first-order chi connectivity index (χ1) is 6.52. The van der Waals surface area contributed by atoms with Crippen LogP contribution in [0.5, 0.6) is 0 Å². The minimum atomic E-state index is -1.67. The van der Waals surface area contributed by atoms with Crippen molar-refractivity contribution in [3.63, 3.8) is 0 Å². The predicted octanol–water partition coefficient (Wildman–Crippen LogP) is 1.24. The minimum absolute atomic E-state index is 0.437. The molecule has 0 aliphatic heterocycles. The summed E-state index contributed by atoms with van der Waals surface area (Å²) in [5, 5.41) is 1.27. The molecule has 76 valence electrons. The van der Waals surface area contributed by atoms with Gasteiger partial charge in [-0.15, -0.1) is 0 Å². The molecule has 0 unspecified atom stereocenters. The fraction of sp³-hybridized carbons (Fsp3) is 0.300. The van der Waals surface area contributed by atoms with Crippen LogP contribution in [0.4, 0.5) is 4.79 Å². The van der Waals surface area contributed by atoms with E-state index in [1.807, 2.05) is 18.2 Å². The van der Waals surface area contributed by atoms with E-state index in [-0.39, 0.29) is 0 Å². The topological polar surface area (TPSA) is 52.3 Å². The molecule has 3 nitrogen and oxygen atoms in total. The number of ether oxygens (including phenoxy) is 1. The summed E-state index contributed by atoms with van der Waals surface area (Å²) in [7, 11) is -1.67. The van der Waals surface area contributed by atoms with E-state index < -0.39 is 14.2 Å². The van der Waals surface area contributed by atoms with Gasteiger partial charge in [0.1, 0.15) is 8.07 Å². The Balaban J connectivity index is 2.70. The fourth-order valence-electron chi connectivity index (χ4n) is 1.22. The van der Waals surface area contributed by atoms with Crippen LogP contribution in [0.3, 0.4) is 0 Å². The van der Waals surface area contributed by atoms with Crippen LogP contribution in [0.2, 0.25) is 13.1 Å². The molecule has 0 fully saturated rings. The number of carbonyl (C=O) groups is 1. The molecule has 0 radical (unpaired) electrons. The second kappa shape index (κ2) is 4.28. The minimum Gasteiger partial charge on any atom is -0.453 e. The molecule has 1 amide bonds. The smallest absolute Gasteiger partial charge is 0.404 e. The summed E-state index contributed by atoms with van der Waals surface area (Å²) in [5.74, 6) is 0. The van der Waals surface area contributed by atoms with Crippen molar-refractivity contribution < 1.29 is 9.53 Å². The van der Waals surface area contributed by atoms with Gasteiger partial charge in [0.25, 0.3) is 0 Å². The molecule has 0 aliphatic rings. The molecule has 0 saturated carbocycles. The van der Waals surface area contributed by atoms with Crippen LogP contribution in [0.1, 0.15) is 0 Å². The van der Waals surface area contributed by atoms with Crippen molar-refractivity contribution in [3.8, 4) is 0 Å². The van der Waals surface area contributed by atoms with E-state index in [2.05, 4.69) is 25.2 Å². The Kier molecular flexibility index (Phi) is 3.30. The van der Waals surface area contributed by atoms with Crippen LogP contribution >= 0.6 is 0 Å². The lowest BCUT2D eigenvalue weighted by atomic mass is 10.4. The van der Waals surface area contributed by atoms with E-state index in [9.17, 15) is 4.79 Å². The SMILES string of the molecule is C[Si](C)(COC(N)=O)c1ccccc1. The normalized spacial score (nSPS) is 11.0. The quantitative estimate of drug-likeness (QED) is 0.761. The van der Waals surface area contributed by atoms with Crippen molar-refractivity contribution in [1.82, 2.24) is 0 Å². The number of amides is 1. The highest BCUT2D eigenvalue weighted by Crippen LogP contribution is 2.03. The summed E-state index contributed by atoms with van der Waals surface area (Å²) >= 11 is 0. The van der Waals surface area contributed by atoms with Gasteiger partial charge in [0, 0.05) is 0 Å². The average Bonchev–Trinajstić information content (AvgIpc) is 2.16. The number of nitrogens with two attached hydrogens (primary N) is 1. The van der Waals surface area contributed by atoms with E-state index in [1.54, 1.807) is 0 Å². The van der Waals surface area contributed by atoms with E-state index in [1.165, 1.54) is 5.19 Å². The van der Waals surface area contributed by atoms with Gasteiger partial charge in [-0.3, -0.25) is 0 Å². The molecule has 1 aromatic rings. The Labute approximate surface area is 84.9 Å². The van der Waals surface area contributed by atoms with Crippen molar-refractivity contribution in [1.29, 1.82) is 0 Å². The van der Waals surface area contributed by atoms with Gasteiger partial charge < -0.3 is 10.5 Å². The zero-order chi connectivity index (χ0) is 10.6. The third kappa shape index (κ3) is 2.88. The highest BCUT2D eigenvalue weighted by molar-refractivity contribution is 6.89. The van der Waals surface area contributed by atoms with Crippen molar-refractivity contribution in [2.45, 2.75) is 13.1 Å². The molecule has 0 aromatic heterocycles. The first-order valence-corrected chi connectivity index (χ1v) is 7.71. The number of benzene rings is 1. The molecule has 1 rings (SSSR count). The zero-order valence-electron chi connectivity index (χ0n) is 8.49. The first kappa shape index (κ1) is 10.8. The van der Waals surface area contributed by atoms with Crippen molar-refractivity contribution >= 4 is 19.4 Å². The predicted molar refractivity (Wildman–Crippen MR) is 59.1 cm³/mol. The second-order valence-corrected chi connectivity index (χ2v) is 8.49. The van der Waals surface area contributed by atoms with Gasteiger partial charge in [-0.25, -0.2) is 4.79 Å². The van der Waals surface area contributed by atoms with Crippen LogP contribution in [-0.2, 0) is 4.74 Å². The third-order valence-corrected chi connectivity index (χ3v) is 4.89. The molecule has 14 heavy (non-hydrogen) atoms. The van der Waals surface area contributed by atoms with E-state index in [4.69, 9.17) is 10.5 Å². The highest BCUT2D eigenvalue weighted by Gasteiger charge is 2.24. The molecule has 0 heterocycles. The van der Waals surface area contributed by atoms with E-state index >= 15 is 0 Å². The summed E-state index contributed by atoms with van der Waals surface area (Å²) in [6, 6.07) is 10.1. The Bertz CT molecular complexity index is 311. The molecule has 4 heteroatoms. The van der Waals surface area contributed by atoms with Crippen LogP contribution < -0.4 is 10.9 Å². The number of carbonyl (C=O) groups excluding carboxylic acids is 1. The second-order valence-electron chi connectivity index (χ2n) is 3.86. The molecule has 1 aromatic carbocycles. The van der Waals surface area contributed by atoms with Gasteiger partial charge in [0.2, 0.25) is 0 Å². The first-order valence-electron chi connectivity index (χ1n) is 4.50. The summed E-state index contributed by atoms with van der Waals surface area (Å²) in [4.78, 5) is 10.5. The van der Waals surface area contributed by atoms with Gasteiger partial charge in [-0.05, 0) is 0 Å². The molecule has 0 bridgehead atoms. The van der Waals surface area contributed by atoms with Crippen LogP contribution in [0.25, 0.3) is 0 Å². The molecule has 0 atom stereocenters. The fourth-order valence-corrected chi connectivity index (χ4v) is 2.99. The van der Waals surface area contributed by atoms with Crippen LogP contribution in [-0.4, -0.2) is 20.4 Å². The van der Waals surface area contributed by atoms with Crippen molar-refractivity contribution in [3.05, 3.63) is 30.3 Å². The van der Waals surface area contributed by atoms with Gasteiger partial charge in [-0.1, -0.05) is 48.6 Å². The molecular weight excluding hydrogens is 194 g/mol. The van der Waals surface area contributed by atoms with Gasteiger partial charge in [0.05, 0.1) is 6.23 Å². The largest absolute Gasteiger partial charge is 0.453 e. The average molecular weight is 209 g/mol. The summed E-state index contributed by atoms with van der Waals surface area (Å²) in [5.41, 5.74) is 4.94. The maximum Gasteiger partial charge on any atom is 0.404 e. The van der Waals surface area contributed by atoms with E-state index in [0.29, 0.717) is 6.23 Å². The lowest BCUT2D eigenvalue weighted by Crippen LogP contribution is -2.47. The number of primary amides is 1. The molecule has 2 N–H and O–H groups in total. The Morgan fingerprint density at radius 3 is 2.43 bits per heavy atom. The molecular formula is C10H15NO2Si. The Hall–Kier alpha value is -1.29. The molecule has 0 spiro atoms. The maximum atomic E-state index is 10.5. The van der Waals surface area contributed by atoms with E-state index in [0.717, 1.165) is 0 Å². The standard InChI is InChI=1S/C10H15NO2Si/c1-14(2,8-13-10(11)12)9-6-4-3-5-7-9/h3-7H,8H2,1-2H3,(H2,11,12). The van der Waals surface area contributed by atoms with Crippen molar-refractivity contribution in [2.24, 2.45) is 5.73 Å². The van der Waals surface area contributed by atoms with Crippen molar-refractivity contribution in [2.75, 3.05) is 6.23 Å². The van der Waals surface area contributed by atoms with Gasteiger partial charge in [-0.2, -0.15) is 0 Å². The zero-order valence-corrected chi connectivity index (χ0v) is 9.49. The van der Waals surface area contributed by atoms with Gasteiger partial charge >= 0.3 is 6.09 Å².